The summed E-state index contributed by atoms with van der Waals surface area (Å²) in [5.74, 6) is 1.76. The molecule has 1 saturated heterocycles. The van der Waals surface area contributed by atoms with Crippen molar-refractivity contribution in [2.75, 3.05) is 26.3 Å². The highest BCUT2D eigenvalue weighted by Crippen LogP contribution is 2.42. The van der Waals surface area contributed by atoms with E-state index in [-0.39, 0.29) is 0 Å². The maximum atomic E-state index is 5.51. The van der Waals surface area contributed by atoms with Crippen molar-refractivity contribution in [1.29, 1.82) is 0 Å². The van der Waals surface area contributed by atoms with E-state index in [4.69, 9.17) is 14.7 Å². The van der Waals surface area contributed by atoms with Crippen molar-refractivity contribution in [2.24, 2.45) is 5.92 Å². The number of benzene rings is 1. The van der Waals surface area contributed by atoms with Crippen molar-refractivity contribution in [2.45, 2.75) is 42.7 Å². The first-order chi connectivity index (χ1) is 13.8. The fourth-order valence-electron chi connectivity index (χ4n) is 4.16. The molecule has 1 N–H and O–H groups in total. The van der Waals surface area contributed by atoms with E-state index in [1.165, 1.54) is 43.3 Å². The summed E-state index contributed by atoms with van der Waals surface area (Å²) >= 11 is 3.70. The zero-order valence-electron chi connectivity index (χ0n) is 16.2. The van der Waals surface area contributed by atoms with Crippen LogP contribution in [0.5, 0.6) is 0 Å². The highest BCUT2D eigenvalue weighted by molar-refractivity contribution is 7.99. The maximum Gasteiger partial charge on any atom is 0.186 e. The van der Waals surface area contributed by atoms with Gasteiger partial charge in [-0.25, -0.2) is 9.97 Å². The minimum absolute atomic E-state index is 0.774. The predicted molar refractivity (Wildman–Crippen MR) is 114 cm³/mol. The standard InChI is InChI=1S/C22H25N3OS2/c1-15-7-8-17-18(13-15)28-22-20(17)21(27-16-5-3-2-4-6-16)23-19(24-22)14-25-9-11-26-12-10-25/h2-6,15H,7-14H2,1H3/p+1/t15-/m1/s1. The Kier molecular flexibility index (Phi) is 5.37. The topological polar surface area (TPSA) is 39.5 Å². The lowest BCUT2D eigenvalue weighted by Gasteiger charge is -2.23. The molecule has 4 nitrogen and oxygen atoms in total. The summed E-state index contributed by atoms with van der Waals surface area (Å²) in [5, 5.41) is 2.47. The van der Waals surface area contributed by atoms with E-state index in [2.05, 4.69) is 37.3 Å². The van der Waals surface area contributed by atoms with Crippen LogP contribution in [0, 0.1) is 5.92 Å². The van der Waals surface area contributed by atoms with Gasteiger partial charge < -0.3 is 9.64 Å². The molecule has 6 heteroatoms. The van der Waals surface area contributed by atoms with Gasteiger partial charge in [-0.3, -0.25) is 0 Å². The molecule has 28 heavy (non-hydrogen) atoms. The van der Waals surface area contributed by atoms with Crippen LogP contribution in [0.3, 0.4) is 0 Å². The summed E-state index contributed by atoms with van der Waals surface area (Å²) in [5.41, 5.74) is 1.52. The number of fused-ring (bicyclic) bond motifs is 3. The molecule has 0 unspecified atom stereocenters. The number of hydrogen-bond acceptors (Lipinski definition) is 5. The minimum atomic E-state index is 0.774. The summed E-state index contributed by atoms with van der Waals surface area (Å²) in [7, 11) is 0. The van der Waals surface area contributed by atoms with Gasteiger partial charge in [-0.05, 0) is 42.9 Å². The minimum Gasteiger partial charge on any atom is -0.370 e. The molecule has 1 aromatic carbocycles. The van der Waals surface area contributed by atoms with Gasteiger partial charge in [0, 0.05) is 15.2 Å². The van der Waals surface area contributed by atoms with Crippen molar-refractivity contribution in [3.63, 3.8) is 0 Å². The average molecular weight is 413 g/mol. The van der Waals surface area contributed by atoms with Crippen molar-refractivity contribution < 1.29 is 9.64 Å². The molecule has 0 radical (unpaired) electrons. The van der Waals surface area contributed by atoms with Gasteiger partial charge in [0.15, 0.2) is 5.82 Å². The van der Waals surface area contributed by atoms with Crippen molar-refractivity contribution in [3.8, 4) is 0 Å². The highest BCUT2D eigenvalue weighted by Gasteiger charge is 2.25. The lowest BCUT2D eigenvalue weighted by molar-refractivity contribution is -0.922. The molecule has 0 saturated carbocycles. The van der Waals surface area contributed by atoms with Gasteiger partial charge in [-0.1, -0.05) is 36.9 Å². The number of nitrogens with one attached hydrogen (secondary N) is 1. The number of hydrogen-bond donors (Lipinski definition) is 1. The van der Waals surface area contributed by atoms with Gasteiger partial charge in [-0.15, -0.1) is 11.3 Å². The molecule has 0 amide bonds. The summed E-state index contributed by atoms with van der Waals surface area (Å²) < 4.78 is 5.51. The van der Waals surface area contributed by atoms with E-state index in [0.29, 0.717) is 0 Å². The molecule has 1 atom stereocenters. The lowest BCUT2D eigenvalue weighted by atomic mass is 9.89. The first-order valence-corrected chi connectivity index (χ1v) is 11.8. The van der Waals surface area contributed by atoms with Gasteiger partial charge in [0.1, 0.15) is 29.5 Å². The third-order valence-electron chi connectivity index (χ3n) is 5.73. The molecular weight excluding hydrogens is 386 g/mol. The summed E-state index contributed by atoms with van der Waals surface area (Å²) in [6, 6.07) is 10.6. The van der Waals surface area contributed by atoms with Crippen molar-refractivity contribution in [1.82, 2.24) is 9.97 Å². The summed E-state index contributed by atoms with van der Waals surface area (Å²) in [6.45, 7) is 7.03. The Morgan fingerprint density at radius 1 is 1.18 bits per heavy atom. The zero-order valence-corrected chi connectivity index (χ0v) is 17.9. The summed E-state index contributed by atoms with van der Waals surface area (Å²) in [6.07, 6.45) is 3.63. The second-order valence-corrected chi connectivity index (χ2v) is 10.1. The second-order valence-electron chi connectivity index (χ2n) is 7.93. The molecular formula is C22H26N3OS2+. The van der Waals surface area contributed by atoms with E-state index >= 15 is 0 Å². The smallest absolute Gasteiger partial charge is 0.186 e. The number of aromatic nitrogens is 2. The van der Waals surface area contributed by atoms with Crippen LogP contribution in [0.25, 0.3) is 10.2 Å². The Morgan fingerprint density at radius 3 is 2.82 bits per heavy atom. The Balaban J connectivity index is 1.56. The quantitative estimate of drug-likeness (QED) is 0.667. The maximum absolute atomic E-state index is 5.51. The fourth-order valence-corrected chi connectivity index (χ4v) is 6.62. The third kappa shape index (κ3) is 3.83. The molecule has 1 aliphatic heterocycles. The van der Waals surface area contributed by atoms with Gasteiger partial charge in [-0.2, -0.15) is 0 Å². The van der Waals surface area contributed by atoms with Crippen LogP contribution in [0.4, 0.5) is 0 Å². The molecule has 3 aromatic rings. The average Bonchev–Trinajstić information content (AvgIpc) is 3.07. The molecule has 2 aromatic heterocycles. The van der Waals surface area contributed by atoms with E-state index in [0.717, 1.165) is 56.0 Å². The molecule has 3 heterocycles. The molecule has 146 valence electrons. The van der Waals surface area contributed by atoms with Crippen LogP contribution in [0.15, 0.2) is 40.3 Å². The SMILES string of the molecule is C[C@@H]1CCc2c(sc3nc(C[NH+]4CCOCC4)nc(Sc4ccccc4)c23)C1. The monoisotopic (exact) mass is 412 g/mol. The van der Waals surface area contributed by atoms with E-state index in [9.17, 15) is 0 Å². The van der Waals surface area contributed by atoms with Gasteiger partial charge in [0.2, 0.25) is 0 Å². The number of nitrogens with zero attached hydrogens (tertiary/aromatic N) is 2. The number of quaternary nitrogens is 1. The largest absolute Gasteiger partial charge is 0.370 e. The van der Waals surface area contributed by atoms with Crippen molar-refractivity contribution in [3.05, 3.63) is 46.6 Å². The van der Waals surface area contributed by atoms with E-state index in [1.54, 1.807) is 11.8 Å². The van der Waals surface area contributed by atoms with Crippen LogP contribution in [-0.4, -0.2) is 36.3 Å². The third-order valence-corrected chi connectivity index (χ3v) is 7.88. The van der Waals surface area contributed by atoms with Crippen LogP contribution < -0.4 is 4.90 Å². The Morgan fingerprint density at radius 2 is 2.00 bits per heavy atom. The number of morpholine rings is 1. The fraction of sp³-hybridized carbons (Fsp3) is 0.455. The molecule has 5 rings (SSSR count). The molecule has 1 aliphatic carbocycles. The lowest BCUT2D eigenvalue weighted by Crippen LogP contribution is -3.12. The normalized spacial score (nSPS) is 20.4. The van der Waals surface area contributed by atoms with Crippen LogP contribution in [0.2, 0.25) is 0 Å². The molecule has 0 spiro atoms. The Bertz CT molecular complexity index is 967. The van der Waals surface area contributed by atoms with Crippen LogP contribution in [-0.2, 0) is 24.1 Å². The Hall–Kier alpha value is -1.47. The molecule has 2 aliphatic rings. The molecule has 1 fully saturated rings. The number of ether oxygens (including phenoxy) is 1. The van der Waals surface area contributed by atoms with Gasteiger partial charge >= 0.3 is 0 Å². The van der Waals surface area contributed by atoms with Crippen LogP contribution >= 0.6 is 23.1 Å². The van der Waals surface area contributed by atoms with Crippen LogP contribution in [0.1, 0.15) is 29.6 Å². The highest BCUT2D eigenvalue weighted by atomic mass is 32.2. The van der Waals surface area contributed by atoms with Gasteiger partial charge in [0.05, 0.1) is 13.2 Å². The summed E-state index contributed by atoms with van der Waals surface area (Å²) in [4.78, 5) is 15.6. The van der Waals surface area contributed by atoms with Gasteiger partial charge in [0.25, 0.3) is 0 Å². The Labute approximate surface area is 174 Å². The first-order valence-electron chi connectivity index (χ1n) is 10.2. The van der Waals surface area contributed by atoms with Crippen molar-refractivity contribution >= 4 is 33.3 Å². The molecule has 0 bridgehead atoms. The number of aryl methyl sites for hydroxylation is 1. The zero-order chi connectivity index (χ0) is 18.9. The van der Waals surface area contributed by atoms with E-state index < -0.39 is 0 Å². The number of rotatable bonds is 4. The second kappa shape index (κ2) is 8.11. The first kappa shape index (κ1) is 18.6. The predicted octanol–water partition coefficient (Wildman–Crippen LogP) is 3.38. The number of thiophene rings is 1. The van der Waals surface area contributed by atoms with E-state index in [1.807, 2.05) is 11.3 Å².